The zero-order valence-electron chi connectivity index (χ0n) is 11.4. The van der Waals surface area contributed by atoms with Crippen LogP contribution in [0.2, 0.25) is 0 Å². The summed E-state index contributed by atoms with van der Waals surface area (Å²) in [6.45, 7) is 13.3. The third kappa shape index (κ3) is 6.03. The van der Waals surface area contributed by atoms with Gasteiger partial charge in [0.05, 0.1) is 13.0 Å². The molecule has 0 spiro atoms. The standard InChI is InChI=1S/C13H26N2O2/c1-4-17-13(16)5-6-14-7-9-15(10-8-14)11-12(2)3/h12H,4-11H2,1-3H3. The smallest absolute Gasteiger partial charge is 0.307 e. The van der Waals surface area contributed by atoms with E-state index in [9.17, 15) is 4.79 Å². The number of rotatable bonds is 6. The van der Waals surface area contributed by atoms with Gasteiger partial charge in [-0.3, -0.25) is 4.79 Å². The van der Waals surface area contributed by atoms with Crippen molar-refractivity contribution in [1.29, 1.82) is 0 Å². The Morgan fingerprint density at radius 2 is 1.76 bits per heavy atom. The molecule has 0 saturated carbocycles. The van der Waals surface area contributed by atoms with Crippen molar-refractivity contribution in [2.24, 2.45) is 5.92 Å². The van der Waals surface area contributed by atoms with E-state index >= 15 is 0 Å². The monoisotopic (exact) mass is 242 g/mol. The minimum absolute atomic E-state index is 0.0721. The molecule has 1 aliphatic heterocycles. The lowest BCUT2D eigenvalue weighted by Gasteiger charge is -2.35. The van der Waals surface area contributed by atoms with Gasteiger partial charge in [-0.05, 0) is 12.8 Å². The minimum Gasteiger partial charge on any atom is -0.466 e. The molecule has 0 aliphatic carbocycles. The molecular weight excluding hydrogens is 216 g/mol. The van der Waals surface area contributed by atoms with E-state index in [1.54, 1.807) is 0 Å². The van der Waals surface area contributed by atoms with Gasteiger partial charge in [0.2, 0.25) is 0 Å². The van der Waals surface area contributed by atoms with Crippen molar-refractivity contribution in [2.75, 3.05) is 45.9 Å². The van der Waals surface area contributed by atoms with E-state index in [2.05, 4.69) is 23.6 Å². The first-order valence-electron chi connectivity index (χ1n) is 6.72. The highest BCUT2D eigenvalue weighted by atomic mass is 16.5. The molecule has 100 valence electrons. The van der Waals surface area contributed by atoms with Crippen LogP contribution >= 0.6 is 0 Å². The Balaban J connectivity index is 2.12. The fourth-order valence-electron chi connectivity index (χ4n) is 2.19. The second-order valence-corrected chi connectivity index (χ2v) is 5.09. The van der Waals surface area contributed by atoms with Gasteiger partial charge in [-0.1, -0.05) is 13.8 Å². The van der Waals surface area contributed by atoms with Crippen molar-refractivity contribution >= 4 is 5.97 Å². The Kier molecular flexibility index (Phi) is 6.52. The zero-order chi connectivity index (χ0) is 12.7. The lowest BCUT2D eigenvalue weighted by molar-refractivity contribution is -0.143. The average Bonchev–Trinajstić information content (AvgIpc) is 2.28. The summed E-state index contributed by atoms with van der Waals surface area (Å²) in [6, 6.07) is 0. The Bertz CT molecular complexity index is 223. The molecule has 0 N–H and O–H groups in total. The molecule has 4 nitrogen and oxygen atoms in total. The summed E-state index contributed by atoms with van der Waals surface area (Å²) in [5.74, 6) is 0.665. The van der Waals surface area contributed by atoms with Crippen molar-refractivity contribution in [3.05, 3.63) is 0 Å². The van der Waals surface area contributed by atoms with Crippen LogP contribution in [-0.4, -0.2) is 61.6 Å². The molecule has 1 rings (SSSR count). The number of esters is 1. The highest BCUT2D eigenvalue weighted by Crippen LogP contribution is 2.05. The Hall–Kier alpha value is -0.610. The van der Waals surface area contributed by atoms with Crippen LogP contribution in [-0.2, 0) is 9.53 Å². The van der Waals surface area contributed by atoms with E-state index < -0.39 is 0 Å². The van der Waals surface area contributed by atoms with Gasteiger partial charge >= 0.3 is 5.97 Å². The fraction of sp³-hybridized carbons (Fsp3) is 0.923. The summed E-state index contributed by atoms with van der Waals surface area (Å²) in [6.07, 6.45) is 0.526. The number of carbonyl (C=O) groups excluding carboxylic acids is 1. The Labute approximate surface area is 105 Å². The average molecular weight is 242 g/mol. The molecule has 0 atom stereocenters. The molecule has 0 aromatic carbocycles. The first-order valence-corrected chi connectivity index (χ1v) is 6.72. The second kappa shape index (κ2) is 7.67. The molecule has 1 heterocycles. The van der Waals surface area contributed by atoms with Crippen LogP contribution in [0.4, 0.5) is 0 Å². The van der Waals surface area contributed by atoms with E-state index in [1.807, 2.05) is 6.92 Å². The van der Waals surface area contributed by atoms with Gasteiger partial charge < -0.3 is 14.5 Å². The first-order chi connectivity index (χ1) is 8.11. The molecule has 1 fully saturated rings. The van der Waals surface area contributed by atoms with Crippen LogP contribution in [0.3, 0.4) is 0 Å². The topological polar surface area (TPSA) is 32.8 Å². The molecular formula is C13H26N2O2. The number of ether oxygens (including phenoxy) is 1. The predicted molar refractivity (Wildman–Crippen MR) is 69.0 cm³/mol. The first kappa shape index (κ1) is 14.5. The number of hydrogen-bond donors (Lipinski definition) is 0. The molecule has 0 aromatic heterocycles. The molecule has 0 radical (unpaired) electrons. The number of hydrogen-bond acceptors (Lipinski definition) is 4. The maximum absolute atomic E-state index is 11.2. The maximum Gasteiger partial charge on any atom is 0.307 e. The van der Waals surface area contributed by atoms with Crippen molar-refractivity contribution in [3.63, 3.8) is 0 Å². The van der Waals surface area contributed by atoms with Gasteiger partial charge in [0.25, 0.3) is 0 Å². The van der Waals surface area contributed by atoms with Crippen molar-refractivity contribution in [1.82, 2.24) is 9.80 Å². The van der Waals surface area contributed by atoms with E-state index in [0.29, 0.717) is 13.0 Å². The van der Waals surface area contributed by atoms with E-state index in [1.165, 1.54) is 6.54 Å². The number of carbonyl (C=O) groups is 1. The van der Waals surface area contributed by atoms with Gasteiger partial charge in [-0.25, -0.2) is 0 Å². The summed E-state index contributed by atoms with van der Waals surface area (Å²) < 4.78 is 4.93. The SMILES string of the molecule is CCOC(=O)CCN1CCN(CC(C)C)CC1. The lowest BCUT2D eigenvalue weighted by atomic mass is 10.2. The van der Waals surface area contributed by atoms with Crippen LogP contribution in [0.5, 0.6) is 0 Å². The summed E-state index contributed by atoms with van der Waals surface area (Å²) >= 11 is 0. The summed E-state index contributed by atoms with van der Waals surface area (Å²) in [7, 11) is 0. The largest absolute Gasteiger partial charge is 0.466 e. The van der Waals surface area contributed by atoms with Crippen molar-refractivity contribution in [2.45, 2.75) is 27.2 Å². The quantitative estimate of drug-likeness (QED) is 0.656. The Morgan fingerprint density at radius 1 is 1.18 bits per heavy atom. The second-order valence-electron chi connectivity index (χ2n) is 5.09. The van der Waals surface area contributed by atoms with Crippen molar-refractivity contribution < 1.29 is 9.53 Å². The molecule has 1 saturated heterocycles. The summed E-state index contributed by atoms with van der Waals surface area (Å²) in [4.78, 5) is 16.1. The third-order valence-electron chi connectivity index (χ3n) is 3.03. The molecule has 17 heavy (non-hydrogen) atoms. The van der Waals surface area contributed by atoms with Crippen LogP contribution in [0, 0.1) is 5.92 Å². The van der Waals surface area contributed by atoms with Crippen LogP contribution in [0.25, 0.3) is 0 Å². The van der Waals surface area contributed by atoms with E-state index in [-0.39, 0.29) is 5.97 Å². The lowest BCUT2D eigenvalue weighted by Crippen LogP contribution is -2.47. The van der Waals surface area contributed by atoms with Crippen LogP contribution in [0.15, 0.2) is 0 Å². The molecule has 0 amide bonds. The normalized spacial score (nSPS) is 18.6. The highest BCUT2D eigenvalue weighted by Gasteiger charge is 2.17. The minimum atomic E-state index is -0.0721. The zero-order valence-corrected chi connectivity index (χ0v) is 11.4. The van der Waals surface area contributed by atoms with Gasteiger partial charge in [0.15, 0.2) is 0 Å². The van der Waals surface area contributed by atoms with Gasteiger partial charge in [0, 0.05) is 39.3 Å². The predicted octanol–water partition coefficient (Wildman–Crippen LogP) is 1.21. The van der Waals surface area contributed by atoms with Gasteiger partial charge in [-0.2, -0.15) is 0 Å². The van der Waals surface area contributed by atoms with Crippen LogP contribution in [0.1, 0.15) is 27.2 Å². The molecule has 4 heteroatoms. The van der Waals surface area contributed by atoms with Gasteiger partial charge in [-0.15, -0.1) is 0 Å². The van der Waals surface area contributed by atoms with E-state index in [4.69, 9.17) is 4.74 Å². The van der Waals surface area contributed by atoms with Crippen LogP contribution < -0.4 is 0 Å². The molecule has 0 aromatic rings. The Morgan fingerprint density at radius 3 is 2.29 bits per heavy atom. The van der Waals surface area contributed by atoms with E-state index in [0.717, 1.165) is 38.6 Å². The maximum atomic E-state index is 11.2. The summed E-state index contributed by atoms with van der Waals surface area (Å²) in [5, 5.41) is 0. The molecule has 1 aliphatic rings. The van der Waals surface area contributed by atoms with Gasteiger partial charge in [0.1, 0.15) is 0 Å². The fourth-order valence-corrected chi connectivity index (χ4v) is 2.19. The highest BCUT2D eigenvalue weighted by molar-refractivity contribution is 5.69. The number of nitrogens with zero attached hydrogens (tertiary/aromatic N) is 2. The third-order valence-corrected chi connectivity index (χ3v) is 3.03. The number of piperazine rings is 1. The molecule has 0 bridgehead atoms. The summed E-state index contributed by atoms with van der Waals surface area (Å²) in [5.41, 5.74) is 0. The van der Waals surface area contributed by atoms with Crippen molar-refractivity contribution in [3.8, 4) is 0 Å². The molecule has 0 unspecified atom stereocenters.